The summed E-state index contributed by atoms with van der Waals surface area (Å²) in [6, 6.07) is 7.56. The van der Waals surface area contributed by atoms with Gasteiger partial charge in [0.15, 0.2) is 10.4 Å². The quantitative estimate of drug-likeness (QED) is 0.603. The molecule has 0 bridgehead atoms. The molecular formula is C15H15NO6S2. The van der Waals surface area contributed by atoms with Crippen molar-refractivity contribution in [2.45, 2.75) is 41.1 Å². The zero-order chi connectivity index (χ0) is 17.2. The van der Waals surface area contributed by atoms with Gasteiger partial charge in [-0.2, -0.15) is 0 Å². The fourth-order valence-corrected chi connectivity index (χ4v) is 5.45. The minimum absolute atomic E-state index is 0.373. The van der Waals surface area contributed by atoms with Crippen molar-refractivity contribution in [3.05, 3.63) is 24.3 Å². The van der Waals surface area contributed by atoms with Crippen molar-refractivity contribution in [3.63, 3.8) is 0 Å². The van der Waals surface area contributed by atoms with Crippen LogP contribution in [0.15, 0.2) is 28.6 Å². The molecule has 0 saturated heterocycles. The molecule has 2 aromatic rings. The number of thiazole rings is 1. The Morgan fingerprint density at radius 1 is 1.25 bits per heavy atom. The number of aromatic nitrogens is 1. The lowest BCUT2D eigenvalue weighted by molar-refractivity contribution is -0.0762. The Morgan fingerprint density at radius 3 is 2.75 bits per heavy atom. The number of ether oxygens (including phenoxy) is 2. The third kappa shape index (κ3) is 3.57. The fourth-order valence-electron chi connectivity index (χ4n) is 2.80. The molecule has 9 heteroatoms. The standard InChI is InChI=1S/C15H15NO6S2/c17-13(18)21-11-7-3-4-8-15(11,22-14(19)20)24-12-16-9-5-1-2-6-10(9)23-12/h1-2,5-6,11H,3-4,7-8H2,(H,17,18)(H,19,20). The summed E-state index contributed by atoms with van der Waals surface area (Å²) < 4.78 is 11.7. The third-order valence-corrected chi connectivity index (χ3v) is 6.26. The van der Waals surface area contributed by atoms with Gasteiger partial charge in [0.1, 0.15) is 0 Å². The molecule has 0 aliphatic heterocycles. The number of fused-ring (bicyclic) bond motifs is 1. The van der Waals surface area contributed by atoms with E-state index in [2.05, 4.69) is 4.98 Å². The van der Waals surface area contributed by atoms with Crippen LogP contribution >= 0.6 is 23.1 Å². The van der Waals surface area contributed by atoms with Crippen LogP contribution in [-0.4, -0.2) is 38.5 Å². The highest BCUT2D eigenvalue weighted by Gasteiger charge is 2.49. The molecule has 0 amide bonds. The zero-order valence-electron chi connectivity index (χ0n) is 12.5. The van der Waals surface area contributed by atoms with Crippen LogP contribution in [0.2, 0.25) is 0 Å². The van der Waals surface area contributed by atoms with Gasteiger partial charge in [0.25, 0.3) is 0 Å². The van der Waals surface area contributed by atoms with E-state index in [9.17, 15) is 9.59 Å². The van der Waals surface area contributed by atoms with Crippen LogP contribution < -0.4 is 0 Å². The lowest BCUT2D eigenvalue weighted by Crippen LogP contribution is -2.47. The van der Waals surface area contributed by atoms with Crippen LogP contribution in [0.4, 0.5) is 9.59 Å². The van der Waals surface area contributed by atoms with Gasteiger partial charge < -0.3 is 19.7 Å². The Bertz CT molecular complexity index is 730. The number of hydrogen-bond acceptors (Lipinski definition) is 7. The monoisotopic (exact) mass is 369 g/mol. The molecule has 1 heterocycles. The number of hydrogen-bond donors (Lipinski definition) is 2. The molecule has 3 rings (SSSR count). The Balaban J connectivity index is 1.94. The molecule has 1 aliphatic carbocycles. The fraction of sp³-hybridized carbons (Fsp3) is 0.400. The molecule has 1 fully saturated rings. The summed E-state index contributed by atoms with van der Waals surface area (Å²) in [6.07, 6.45) is -1.49. The van der Waals surface area contributed by atoms with Crippen molar-refractivity contribution >= 4 is 45.6 Å². The van der Waals surface area contributed by atoms with Gasteiger partial charge in [0, 0.05) is 6.42 Å². The van der Waals surface area contributed by atoms with Gasteiger partial charge in [-0.05, 0) is 43.2 Å². The largest absolute Gasteiger partial charge is 0.507 e. The van der Waals surface area contributed by atoms with Crippen LogP contribution in [0.5, 0.6) is 0 Å². The van der Waals surface area contributed by atoms with E-state index >= 15 is 0 Å². The molecule has 2 unspecified atom stereocenters. The van der Waals surface area contributed by atoms with Gasteiger partial charge in [-0.15, -0.1) is 11.3 Å². The molecule has 0 radical (unpaired) electrons. The molecule has 0 spiro atoms. The second-order valence-corrected chi connectivity index (χ2v) is 7.92. The lowest BCUT2D eigenvalue weighted by atomic mass is 9.94. The van der Waals surface area contributed by atoms with E-state index in [0.717, 1.165) is 34.8 Å². The van der Waals surface area contributed by atoms with Crippen molar-refractivity contribution < 1.29 is 29.3 Å². The van der Waals surface area contributed by atoms with E-state index in [1.54, 1.807) is 0 Å². The maximum Gasteiger partial charge on any atom is 0.507 e. The van der Waals surface area contributed by atoms with Crippen LogP contribution in [0.1, 0.15) is 25.7 Å². The van der Waals surface area contributed by atoms with Gasteiger partial charge in [-0.3, -0.25) is 0 Å². The van der Waals surface area contributed by atoms with Gasteiger partial charge in [0.05, 0.1) is 10.2 Å². The second-order valence-electron chi connectivity index (χ2n) is 5.35. The zero-order valence-corrected chi connectivity index (χ0v) is 14.1. The van der Waals surface area contributed by atoms with E-state index in [4.69, 9.17) is 19.7 Å². The maximum atomic E-state index is 11.2. The molecule has 2 atom stereocenters. The minimum Gasteiger partial charge on any atom is -0.450 e. The molecule has 1 aliphatic rings. The van der Waals surface area contributed by atoms with Crippen molar-refractivity contribution in [1.82, 2.24) is 4.98 Å². The molecule has 7 nitrogen and oxygen atoms in total. The first-order valence-electron chi connectivity index (χ1n) is 7.35. The molecule has 1 aromatic carbocycles. The summed E-state index contributed by atoms with van der Waals surface area (Å²) in [5, 5.41) is 18.1. The summed E-state index contributed by atoms with van der Waals surface area (Å²) in [5.74, 6) is 0. The van der Waals surface area contributed by atoms with Crippen LogP contribution in [-0.2, 0) is 9.47 Å². The van der Waals surface area contributed by atoms with Gasteiger partial charge in [0.2, 0.25) is 4.93 Å². The summed E-state index contributed by atoms with van der Waals surface area (Å²) in [4.78, 5) is 25.4. The molecular weight excluding hydrogens is 354 g/mol. The summed E-state index contributed by atoms with van der Waals surface area (Å²) in [7, 11) is 0. The number of benzene rings is 1. The molecule has 128 valence electrons. The van der Waals surface area contributed by atoms with E-state index < -0.39 is 23.3 Å². The van der Waals surface area contributed by atoms with Gasteiger partial charge in [-0.1, -0.05) is 12.1 Å². The second kappa shape index (κ2) is 6.86. The average Bonchev–Trinajstić information content (AvgIpc) is 2.90. The molecule has 24 heavy (non-hydrogen) atoms. The molecule has 2 N–H and O–H groups in total. The van der Waals surface area contributed by atoms with E-state index in [-0.39, 0.29) is 0 Å². The Labute approximate surface area is 145 Å². The van der Waals surface area contributed by atoms with Crippen molar-refractivity contribution in [1.29, 1.82) is 0 Å². The highest BCUT2D eigenvalue weighted by molar-refractivity contribution is 8.02. The van der Waals surface area contributed by atoms with E-state index in [0.29, 0.717) is 17.2 Å². The highest BCUT2D eigenvalue weighted by atomic mass is 32.2. The summed E-state index contributed by atoms with van der Waals surface area (Å²) in [5.41, 5.74) is 0.807. The molecule has 1 aromatic heterocycles. The van der Waals surface area contributed by atoms with Crippen LogP contribution in [0, 0.1) is 0 Å². The van der Waals surface area contributed by atoms with Crippen molar-refractivity contribution in [3.8, 4) is 0 Å². The number of nitrogens with zero attached hydrogens (tertiary/aromatic N) is 1. The number of rotatable bonds is 4. The first-order chi connectivity index (χ1) is 11.5. The lowest BCUT2D eigenvalue weighted by Gasteiger charge is -2.39. The Hall–Kier alpha value is -2.00. The number of carbonyl (C=O) groups is 2. The number of carboxylic acid groups (broad SMARTS) is 2. The van der Waals surface area contributed by atoms with Crippen LogP contribution in [0.25, 0.3) is 10.2 Å². The van der Waals surface area contributed by atoms with E-state index in [1.165, 1.54) is 11.3 Å². The SMILES string of the molecule is O=C(O)OC1CCCCC1(OC(=O)O)Sc1nc2ccccc2s1. The van der Waals surface area contributed by atoms with Gasteiger partial charge >= 0.3 is 12.3 Å². The first-order valence-corrected chi connectivity index (χ1v) is 8.98. The Morgan fingerprint density at radius 2 is 2.04 bits per heavy atom. The van der Waals surface area contributed by atoms with Crippen molar-refractivity contribution in [2.24, 2.45) is 0 Å². The first kappa shape index (κ1) is 16.8. The average molecular weight is 369 g/mol. The normalized spacial score (nSPS) is 23.8. The van der Waals surface area contributed by atoms with E-state index in [1.807, 2.05) is 24.3 Å². The number of thioether (sulfide) groups is 1. The smallest absolute Gasteiger partial charge is 0.450 e. The number of para-hydroxylation sites is 1. The van der Waals surface area contributed by atoms with Crippen LogP contribution in [0.3, 0.4) is 0 Å². The summed E-state index contributed by atoms with van der Waals surface area (Å²) in [6.45, 7) is 0. The minimum atomic E-state index is -1.45. The third-order valence-electron chi connectivity index (χ3n) is 3.77. The summed E-state index contributed by atoms with van der Waals surface area (Å²) >= 11 is 2.55. The predicted molar refractivity (Wildman–Crippen MR) is 88.7 cm³/mol. The predicted octanol–water partition coefficient (Wildman–Crippen LogP) is 4.42. The van der Waals surface area contributed by atoms with Gasteiger partial charge in [-0.25, -0.2) is 14.6 Å². The van der Waals surface area contributed by atoms with Crippen molar-refractivity contribution in [2.75, 3.05) is 0 Å². The maximum absolute atomic E-state index is 11.2. The molecule has 1 saturated carbocycles. The topological polar surface area (TPSA) is 106 Å². The highest BCUT2D eigenvalue weighted by Crippen LogP contribution is 2.48. The Kier molecular flexibility index (Phi) is 4.81.